The van der Waals surface area contributed by atoms with Crippen molar-refractivity contribution >= 4 is 62.1 Å². The van der Waals surface area contributed by atoms with Crippen molar-refractivity contribution in [2.24, 2.45) is 4.99 Å². The van der Waals surface area contributed by atoms with Crippen molar-refractivity contribution in [3.8, 4) is 11.3 Å². The van der Waals surface area contributed by atoms with E-state index < -0.39 is 0 Å². The highest BCUT2D eigenvalue weighted by Gasteiger charge is 2.24. The highest BCUT2D eigenvalue weighted by atomic mass is 79.9. The van der Waals surface area contributed by atoms with Gasteiger partial charge in [-0.05, 0) is 60.6 Å². The molecular weight excluding hydrogens is 460 g/mol. The van der Waals surface area contributed by atoms with E-state index >= 15 is 0 Å². The van der Waals surface area contributed by atoms with Crippen LogP contribution in [0.1, 0.15) is 11.3 Å². The van der Waals surface area contributed by atoms with Crippen molar-refractivity contribution in [3.05, 3.63) is 80.3 Å². The summed E-state index contributed by atoms with van der Waals surface area (Å²) >= 11 is 10.9. The number of hydrogen-bond donors (Lipinski definition) is 1. The van der Waals surface area contributed by atoms with Crippen LogP contribution in [0.25, 0.3) is 17.4 Å². The van der Waals surface area contributed by atoms with Crippen molar-refractivity contribution in [2.45, 2.75) is 6.92 Å². The van der Waals surface area contributed by atoms with Gasteiger partial charge in [0.15, 0.2) is 5.17 Å². The minimum Gasteiger partial charge on any atom is -0.457 e. The van der Waals surface area contributed by atoms with Crippen LogP contribution in [0.15, 0.2) is 73.4 Å². The number of halogens is 2. The van der Waals surface area contributed by atoms with Crippen molar-refractivity contribution in [3.63, 3.8) is 0 Å². The second-order valence-electron chi connectivity index (χ2n) is 6.12. The van der Waals surface area contributed by atoms with E-state index in [1.165, 1.54) is 11.8 Å². The first kappa shape index (κ1) is 19.1. The number of amidine groups is 1. The Morgan fingerprint density at radius 3 is 2.79 bits per heavy atom. The molecule has 0 atom stereocenters. The molecule has 0 spiro atoms. The van der Waals surface area contributed by atoms with Crippen LogP contribution >= 0.6 is 39.3 Å². The van der Waals surface area contributed by atoms with E-state index in [1.807, 2.05) is 49.4 Å². The van der Waals surface area contributed by atoms with Gasteiger partial charge < -0.3 is 9.73 Å². The molecule has 0 radical (unpaired) electrons. The molecule has 28 heavy (non-hydrogen) atoms. The molecule has 1 aliphatic heterocycles. The van der Waals surface area contributed by atoms with E-state index in [1.54, 1.807) is 18.2 Å². The largest absolute Gasteiger partial charge is 0.457 e. The van der Waals surface area contributed by atoms with Crippen LogP contribution in [-0.4, -0.2) is 11.1 Å². The molecule has 0 unspecified atom stereocenters. The zero-order valence-corrected chi connectivity index (χ0v) is 17.9. The number of rotatable bonds is 3. The maximum absolute atomic E-state index is 12.3. The molecule has 1 amide bonds. The van der Waals surface area contributed by atoms with E-state index in [0.29, 0.717) is 26.5 Å². The zero-order valence-electron chi connectivity index (χ0n) is 14.7. The summed E-state index contributed by atoms with van der Waals surface area (Å²) < 4.78 is 6.87. The number of benzene rings is 2. The average molecular weight is 474 g/mol. The van der Waals surface area contributed by atoms with Crippen molar-refractivity contribution in [1.82, 2.24) is 5.32 Å². The molecule has 0 bridgehead atoms. The Morgan fingerprint density at radius 1 is 1.18 bits per heavy atom. The summed E-state index contributed by atoms with van der Waals surface area (Å²) in [4.78, 5) is 17.2. The van der Waals surface area contributed by atoms with Crippen molar-refractivity contribution in [1.29, 1.82) is 0 Å². The fourth-order valence-corrected chi connectivity index (χ4v) is 4.34. The van der Waals surface area contributed by atoms with Gasteiger partial charge in [-0.15, -0.1) is 0 Å². The predicted molar refractivity (Wildman–Crippen MR) is 119 cm³/mol. The first-order chi connectivity index (χ1) is 13.5. The molecule has 4 rings (SSSR count). The van der Waals surface area contributed by atoms with Crippen LogP contribution in [-0.2, 0) is 4.79 Å². The molecule has 2 heterocycles. The van der Waals surface area contributed by atoms with E-state index in [-0.39, 0.29) is 5.91 Å². The fraction of sp³-hybridized carbons (Fsp3) is 0.0476. The predicted octanol–water partition coefficient (Wildman–Crippen LogP) is 6.56. The topological polar surface area (TPSA) is 54.6 Å². The second-order valence-corrected chi connectivity index (χ2v) is 8.41. The first-order valence-corrected chi connectivity index (χ1v) is 10.4. The van der Waals surface area contributed by atoms with Gasteiger partial charge in [0.2, 0.25) is 0 Å². The van der Waals surface area contributed by atoms with E-state index in [4.69, 9.17) is 16.0 Å². The molecule has 0 saturated carbocycles. The summed E-state index contributed by atoms with van der Waals surface area (Å²) in [6.45, 7) is 2.03. The lowest BCUT2D eigenvalue weighted by Crippen LogP contribution is -2.19. The quantitative estimate of drug-likeness (QED) is 0.438. The Bertz CT molecular complexity index is 1140. The number of hydrogen-bond acceptors (Lipinski definition) is 4. The lowest BCUT2D eigenvalue weighted by molar-refractivity contribution is -0.115. The van der Waals surface area contributed by atoms with Crippen LogP contribution < -0.4 is 5.32 Å². The number of aliphatic imine (C=N–C) groups is 1. The van der Waals surface area contributed by atoms with Gasteiger partial charge in [0, 0.05) is 16.1 Å². The third kappa shape index (κ3) is 4.09. The number of amides is 1. The fourth-order valence-electron chi connectivity index (χ4n) is 2.66. The van der Waals surface area contributed by atoms with Crippen LogP contribution in [0.4, 0.5) is 5.69 Å². The first-order valence-electron chi connectivity index (χ1n) is 8.40. The molecule has 7 heteroatoms. The summed E-state index contributed by atoms with van der Waals surface area (Å²) in [6.07, 6.45) is 1.71. The van der Waals surface area contributed by atoms with Gasteiger partial charge >= 0.3 is 0 Å². The molecule has 140 valence electrons. The highest BCUT2D eigenvalue weighted by molar-refractivity contribution is 9.10. The van der Waals surface area contributed by atoms with Gasteiger partial charge in [-0.25, -0.2) is 4.99 Å². The molecule has 1 fully saturated rings. The minimum atomic E-state index is -0.217. The third-order valence-electron chi connectivity index (χ3n) is 4.02. The summed E-state index contributed by atoms with van der Waals surface area (Å²) in [5.74, 6) is 1.11. The summed E-state index contributed by atoms with van der Waals surface area (Å²) in [6, 6.07) is 17.0. The maximum Gasteiger partial charge on any atom is 0.264 e. The van der Waals surface area contributed by atoms with Crippen LogP contribution in [0.3, 0.4) is 0 Å². The highest BCUT2D eigenvalue weighted by Crippen LogP contribution is 2.33. The Balaban J connectivity index is 1.57. The molecule has 0 aliphatic carbocycles. The van der Waals surface area contributed by atoms with Crippen LogP contribution in [0.2, 0.25) is 5.02 Å². The van der Waals surface area contributed by atoms with E-state index in [2.05, 4.69) is 26.2 Å². The smallest absolute Gasteiger partial charge is 0.264 e. The summed E-state index contributed by atoms with van der Waals surface area (Å²) in [5.41, 5.74) is 2.73. The average Bonchev–Trinajstić information content (AvgIpc) is 3.24. The lowest BCUT2D eigenvalue weighted by Gasteiger charge is -2.02. The van der Waals surface area contributed by atoms with E-state index in [0.717, 1.165) is 21.4 Å². The minimum absolute atomic E-state index is 0.217. The summed E-state index contributed by atoms with van der Waals surface area (Å²) in [7, 11) is 0. The molecule has 1 aliphatic rings. The van der Waals surface area contributed by atoms with Crippen molar-refractivity contribution < 1.29 is 9.21 Å². The zero-order chi connectivity index (χ0) is 19.7. The van der Waals surface area contributed by atoms with Gasteiger partial charge in [0.1, 0.15) is 11.5 Å². The third-order valence-corrected chi connectivity index (χ3v) is 5.90. The monoisotopic (exact) mass is 472 g/mol. The number of carbonyl (C=O) groups is 1. The maximum atomic E-state index is 12.3. The van der Waals surface area contributed by atoms with Crippen LogP contribution in [0, 0.1) is 6.92 Å². The number of carbonyl (C=O) groups excluding carboxylic acids is 1. The Kier molecular flexibility index (Phi) is 5.44. The number of thioether (sulfide) groups is 1. The molecule has 3 aromatic rings. The molecule has 1 aromatic heterocycles. The Labute approximate surface area is 179 Å². The normalized spacial score (nSPS) is 16.8. The number of furan rings is 1. The van der Waals surface area contributed by atoms with Crippen LogP contribution in [0.5, 0.6) is 0 Å². The molecule has 1 N–H and O–H groups in total. The lowest BCUT2D eigenvalue weighted by atomic mass is 10.1. The molecular formula is C21H14BrClN2O2S. The number of nitrogens with zero attached hydrogens (tertiary/aromatic N) is 1. The van der Waals surface area contributed by atoms with Gasteiger partial charge in [0.25, 0.3) is 5.91 Å². The number of nitrogens with one attached hydrogen (secondary N) is 1. The summed E-state index contributed by atoms with van der Waals surface area (Å²) in [5, 5.41) is 3.76. The van der Waals surface area contributed by atoms with Gasteiger partial charge in [-0.1, -0.05) is 45.7 Å². The van der Waals surface area contributed by atoms with Gasteiger partial charge in [-0.2, -0.15) is 0 Å². The molecule has 2 aromatic carbocycles. The molecule has 1 saturated heterocycles. The SMILES string of the molecule is Cc1ccc(-c2ccc(/C=C3/SC(=Nc4ccccc4Cl)NC3=O)o2)c(Br)c1. The van der Waals surface area contributed by atoms with Gasteiger partial charge in [-0.3, -0.25) is 4.79 Å². The van der Waals surface area contributed by atoms with Gasteiger partial charge in [0.05, 0.1) is 15.6 Å². The molecule has 4 nitrogen and oxygen atoms in total. The Hall–Kier alpha value is -2.28. The number of para-hydroxylation sites is 1. The van der Waals surface area contributed by atoms with Crippen molar-refractivity contribution in [2.75, 3.05) is 0 Å². The van der Waals surface area contributed by atoms with E-state index in [9.17, 15) is 4.79 Å². The Morgan fingerprint density at radius 2 is 2.00 bits per heavy atom. The standard InChI is InChI=1S/C21H14BrClN2O2S/c1-12-6-8-14(15(22)10-12)18-9-7-13(27-18)11-19-20(26)25-21(28-19)24-17-5-3-2-4-16(17)23/h2-11H,1H3,(H,24,25,26)/b19-11+. The number of aryl methyl sites for hydroxylation is 1. The second kappa shape index (κ2) is 7.99.